The first kappa shape index (κ1) is 22.1. The van der Waals surface area contributed by atoms with Crippen LogP contribution in [-0.2, 0) is 10.0 Å². The van der Waals surface area contributed by atoms with E-state index in [4.69, 9.17) is 33.4 Å². The van der Waals surface area contributed by atoms with Gasteiger partial charge in [-0.3, -0.25) is 5.01 Å². The van der Waals surface area contributed by atoms with Crippen molar-refractivity contribution in [1.82, 2.24) is 0 Å². The van der Waals surface area contributed by atoms with E-state index < -0.39 is 10.0 Å². The zero-order valence-electron chi connectivity index (χ0n) is 15.8. The molecule has 4 rings (SSSR count). The van der Waals surface area contributed by atoms with Gasteiger partial charge in [-0.2, -0.15) is 5.10 Å². The number of benzene rings is 3. The van der Waals surface area contributed by atoms with Crippen LogP contribution in [0, 0.1) is 0 Å². The van der Waals surface area contributed by atoms with Gasteiger partial charge in [-0.25, -0.2) is 13.6 Å². The molecule has 0 bridgehead atoms. The third kappa shape index (κ3) is 4.58. The number of anilines is 1. The molecule has 6 nitrogen and oxygen atoms in total. The van der Waals surface area contributed by atoms with Gasteiger partial charge in [-0.1, -0.05) is 45.2 Å². The number of hydrogen-bond acceptors (Lipinski definition) is 5. The van der Waals surface area contributed by atoms with E-state index in [0.29, 0.717) is 27.7 Å². The van der Waals surface area contributed by atoms with Crippen molar-refractivity contribution in [1.29, 1.82) is 0 Å². The van der Waals surface area contributed by atoms with Crippen molar-refractivity contribution < 1.29 is 13.5 Å². The van der Waals surface area contributed by atoms with Crippen molar-refractivity contribution >= 4 is 60.6 Å². The van der Waals surface area contributed by atoms with Crippen molar-refractivity contribution in [2.75, 3.05) is 5.01 Å². The maximum atomic E-state index is 11.6. The van der Waals surface area contributed by atoms with Crippen LogP contribution in [0.5, 0.6) is 5.75 Å². The molecule has 1 aliphatic rings. The third-order valence-corrected chi connectivity index (χ3v) is 7.10. The minimum absolute atomic E-state index is 0.00554. The minimum atomic E-state index is -3.81. The average Bonchev–Trinajstić information content (AvgIpc) is 3.16. The van der Waals surface area contributed by atoms with Gasteiger partial charge in [0.2, 0.25) is 10.0 Å². The lowest BCUT2D eigenvalue weighted by Crippen LogP contribution is -2.19. The maximum absolute atomic E-state index is 11.6. The fourth-order valence-corrected chi connectivity index (χ4v) is 4.61. The normalized spacial score (nSPS) is 16.5. The molecule has 1 atom stereocenters. The SMILES string of the molecule is NS(=O)(=O)c1ccc(N2N=C(c3ccc(Cl)c(Cl)c3)CC2c2cc(Br)ccc2O)cc1. The highest BCUT2D eigenvalue weighted by molar-refractivity contribution is 9.10. The number of phenols is 1. The topological polar surface area (TPSA) is 96.0 Å². The van der Waals surface area contributed by atoms with Gasteiger partial charge in [0, 0.05) is 16.5 Å². The van der Waals surface area contributed by atoms with Gasteiger partial charge in [0.05, 0.1) is 32.4 Å². The van der Waals surface area contributed by atoms with E-state index >= 15 is 0 Å². The number of hydrazone groups is 1. The first-order valence-electron chi connectivity index (χ1n) is 9.07. The predicted molar refractivity (Wildman–Crippen MR) is 126 cm³/mol. The quantitative estimate of drug-likeness (QED) is 0.459. The zero-order valence-corrected chi connectivity index (χ0v) is 19.7. The molecule has 0 aliphatic carbocycles. The molecule has 1 heterocycles. The molecule has 31 heavy (non-hydrogen) atoms. The number of phenolic OH excluding ortho intramolecular Hbond substituents is 1. The Bertz CT molecular complexity index is 1300. The van der Waals surface area contributed by atoms with E-state index in [0.717, 1.165) is 15.7 Å². The molecule has 0 saturated carbocycles. The first-order chi connectivity index (χ1) is 14.6. The summed E-state index contributed by atoms with van der Waals surface area (Å²) in [6.45, 7) is 0. The van der Waals surface area contributed by atoms with Crippen molar-refractivity contribution in [3.63, 3.8) is 0 Å². The number of primary sulfonamides is 1. The Hall–Kier alpha value is -2.10. The molecule has 0 saturated heterocycles. The summed E-state index contributed by atoms with van der Waals surface area (Å²) in [6, 6.07) is 16.2. The van der Waals surface area contributed by atoms with Crippen LogP contribution in [0.1, 0.15) is 23.6 Å². The van der Waals surface area contributed by atoms with Crippen LogP contribution < -0.4 is 10.1 Å². The summed E-state index contributed by atoms with van der Waals surface area (Å²) in [4.78, 5) is 0.00554. The van der Waals surface area contributed by atoms with E-state index in [1.54, 1.807) is 41.4 Å². The van der Waals surface area contributed by atoms with E-state index in [-0.39, 0.29) is 16.7 Å². The van der Waals surface area contributed by atoms with Crippen LogP contribution >= 0.6 is 39.1 Å². The van der Waals surface area contributed by atoms with Crippen molar-refractivity contribution in [2.24, 2.45) is 10.2 Å². The molecule has 0 spiro atoms. The second kappa shape index (κ2) is 8.44. The van der Waals surface area contributed by atoms with Gasteiger partial charge in [0.15, 0.2) is 0 Å². The number of halogens is 3. The Morgan fingerprint density at radius 3 is 2.39 bits per heavy atom. The number of hydrogen-bond donors (Lipinski definition) is 2. The van der Waals surface area contributed by atoms with Crippen LogP contribution in [0.25, 0.3) is 0 Å². The number of nitrogens with zero attached hydrogens (tertiary/aromatic N) is 2. The summed E-state index contributed by atoms with van der Waals surface area (Å²) < 4.78 is 24.0. The Kier molecular flexibility index (Phi) is 6.02. The Balaban J connectivity index is 1.80. The van der Waals surface area contributed by atoms with Crippen LogP contribution in [0.2, 0.25) is 10.0 Å². The molecule has 0 aromatic heterocycles. The molecule has 0 fully saturated rings. The van der Waals surface area contributed by atoms with E-state index in [1.807, 2.05) is 12.1 Å². The molecule has 0 amide bonds. The summed E-state index contributed by atoms with van der Waals surface area (Å²) >= 11 is 15.7. The standard InChI is InChI=1S/C21H16BrCl2N3O3S/c22-13-2-8-21(28)16(10-13)20-11-19(12-1-7-17(23)18(24)9-12)26-27(20)14-3-5-15(6-4-14)31(25,29)30/h1-10,20,28H,11H2,(H2,25,29,30). The minimum Gasteiger partial charge on any atom is -0.508 e. The molecule has 1 aliphatic heterocycles. The highest BCUT2D eigenvalue weighted by Crippen LogP contribution is 2.41. The molecule has 3 aromatic carbocycles. The summed E-state index contributed by atoms with van der Waals surface area (Å²) in [5.74, 6) is 0.130. The lowest BCUT2D eigenvalue weighted by molar-refractivity contribution is 0.461. The van der Waals surface area contributed by atoms with E-state index in [1.165, 1.54) is 12.1 Å². The molecule has 3 aromatic rings. The molecular formula is C21H16BrCl2N3O3S. The fourth-order valence-electron chi connectivity index (χ4n) is 3.42. The lowest BCUT2D eigenvalue weighted by Gasteiger charge is -2.25. The van der Waals surface area contributed by atoms with Crippen LogP contribution in [0.4, 0.5) is 5.69 Å². The van der Waals surface area contributed by atoms with Gasteiger partial charge >= 0.3 is 0 Å². The molecular weight excluding hydrogens is 525 g/mol. The number of rotatable bonds is 4. The second-order valence-electron chi connectivity index (χ2n) is 6.98. The van der Waals surface area contributed by atoms with Gasteiger partial charge < -0.3 is 5.11 Å². The monoisotopic (exact) mass is 539 g/mol. The molecule has 3 N–H and O–H groups in total. The van der Waals surface area contributed by atoms with Gasteiger partial charge in [0.1, 0.15) is 5.75 Å². The van der Waals surface area contributed by atoms with E-state index in [9.17, 15) is 13.5 Å². The summed E-state index contributed by atoms with van der Waals surface area (Å²) in [7, 11) is -3.81. The van der Waals surface area contributed by atoms with E-state index in [2.05, 4.69) is 15.9 Å². The van der Waals surface area contributed by atoms with Crippen molar-refractivity contribution in [3.05, 3.63) is 86.3 Å². The largest absolute Gasteiger partial charge is 0.508 e. The van der Waals surface area contributed by atoms with Gasteiger partial charge in [-0.15, -0.1) is 0 Å². The maximum Gasteiger partial charge on any atom is 0.238 e. The molecule has 1 unspecified atom stereocenters. The summed E-state index contributed by atoms with van der Waals surface area (Å²) in [5.41, 5.74) is 2.87. The van der Waals surface area contributed by atoms with Gasteiger partial charge in [0.25, 0.3) is 0 Å². The average molecular weight is 541 g/mol. The number of aromatic hydroxyl groups is 1. The zero-order chi connectivity index (χ0) is 22.3. The fraction of sp³-hybridized carbons (Fsp3) is 0.0952. The first-order valence-corrected chi connectivity index (χ1v) is 12.2. The van der Waals surface area contributed by atoms with Crippen LogP contribution in [-0.4, -0.2) is 19.2 Å². The molecule has 10 heteroatoms. The Labute approximate surface area is 198 Å². The highest BCUT2D eigenvalue weighted by atomic mass is 79.9. The lowest BCUT2D eigenvalue weighted by atomic mass is 9.97. The van der Waals surface area contributed by atoms with Crippen LogP contribution in [0.3, 0.4) is 0 Å². The number of sulfonamides is 1. The van der Waals surface area contributed by atoms with Crippen molar-refractivity contribution in [3.8, 4) is 5.75 Å². The van der Waals surface area contributed by atoms with Crippen LogP contribution in [0.15, 0.2) is 75.1 Å². The van der Waals surface area contributed by atoms with Crippen molar-refractivity contribution in [2.45, 2.75) is 17.4 Å². The third-order valence-electron chi connectivity index (χ3n) is 4.94. The summed E-state index contributed by atoms with van der Waals surface area (Å²) in [5, 5.41) is 23.1. The molecule has 160 valence electrons. The Morgan fingerprint density at radius 2 is 1.74 bits per heavy atom. The number of nitrogens with two attached hydrogens (primary N) is 1. The predicted octanol–water partition coefficient (Wildman–Crippen LogP) is 5.46. The smallest absolute Gasteiger partial charge is 0.238 e. The van der Waals surface area contributed by atoms with Gasteiger partial charge in [-0.05, 0) is 60.2 Å². The second-order valence-corrected chi connectivity index (χ2v) is 10.3. The highest BCUT2D eigenvalue weighted by Gasteiger charge is 2.32. The molecule has 0 radical (unpaired) electrons. The summed E-state index contributed by atoms with van der Waals surface area (Å²) in [6.07, 6.45) is 0.485. The Morgan fingerprint density at radius 1 is 1.03 bits per heavy atom.